The average Bonchev–Trinajstić information content (AvgIpc) is 2.90. The molecule has 1 unspecified atom stereocenters. The minimum Gasteiger partial charge on any atom is -0.347 e. The Labute approximate surface area is 103 Å². The van der Waals surface area contributed by atoms with Crippen LogP contribution in [0.3, 0.4) is 0 Å². The third-order valence-corrected chi connectivity index (χ3v) is 3.41. The first kappa shape index (κ1) is 12.0. The maximum atomic E-state index is 11.7. The number of amides is 2. The zero-order valence-corrected chi connectivity index (χ0v) is 10.3. The topological polar surface area (TPSA) is 78.1 Å². The molecule has 1 aromatic heterocycles. The van der Waals surface area contributed by atoms with Crippen molar-refractivity contribution in [2.24, 2.45) is 0 Å². The predicted octanol–water partition coefficient (Wildman–Crippen LogP) is 0.120. The van der Waals surface area contributed by atoms with Gasteiger partial charge in [0.25, 0.3) is 0 Å². The van der Waals surface area contributed by atoms with Crippen molar-refractivity contribution < 1.29 is 9.59 Å². The molecule has 0 aromatic carbocycles. The highest BCUT2D eigenvalue weighted by molar-refractivity contribution is 8.00. The minimum atomic E-state index is -0.178. The van der Waals surface area contributed by atoms with E-state index in [1.807, 2.05) is 6.92 Å². The van der Waals surface area contributed by atoms with Gasteiger partial charge in [-0.05, 0) is 6.92 Å². The first-order valence-corrected chi connectivity index (χ1v) is 6.46. The van der Waals surface area contributed by atoms with Crippen LogP contribution in [0.2, 0.25) is 0 Å². The minimum absolute atomic E-state index is 0.0239. The summed E-state index contributed by atoms with van der Waals surface area (Å²) < 4.78 is 0. The highest BCUT2D eigenvalue weighted by Gasteiger charge is 2.23. The Hall–Kier alpha value is -1.50. The second-order valence-corrected chi connectivity index (χ2v) is 4.79. The van der Waals surface area contributed by atoms with Crippen LogP contribution < -0.4 is 5.32 Å². The molecular weight excluding hydrogens is 240 g/mol. The van der Waals surface area contributed by atoms with E-state index < -0.39 is 0 Å². The zero-order chi connectivity index (χ0) is 12.3. The van der Waals surface area contributed by atoms with Crippen LogP contribution in [0, 0.1) is 0 Å². The van der Waals surface area contributed by atoms with E-state index in [0.717, 1.165) is 0 Å². The van der Waals surface area contributed by atoms with E-state index >= 15 is 0 Å². The fraction of sp³-hybridized carbons (Fsp3) is 0.500. The van der Waals surface area contributed by atoms with Crippen LogP contribution >= 0.6 is 11.8 Å². The monoisotopic (exact) mass is 254 g/mol. The van der Waals surface area contributed by atoms with Gasteiger partial charge in [0.15, 0.2) is 0 Å². The number of H-pyrrole nitrogens is 1. The predicted molar refractivity (Wildman–Crippen MR) is 64.2 cm³/mol. The maximum absolute atomic E-state index is 11.7. The lowest BCUT2D eigenvalue weighted by Crippen LogP contribution is -2.39. The van der Waals surface area contributed by atoms with Crippen molar-refractivity contribution in [2.45, 2.75) is 13.0 Å². The molecule has 17 heavy (non-hydrogen) atoms. The van der Waals surface area contributed by atoms with Gasteiger partial charge in [-0.3, -0.25) is 9.59 Å². The Morgan fingerprint density at radius 2 is 2.59 bits per heavy atom. The highest BCUT2D eigenvalue weighted by Crippen LogP contribution is 2.14. The van der Waals surface area contributed by atoms with Gasteiger partial charge >= 0.3 is 0 Å². The van der Waals surface area contributed by atoms with Gasteiger partial charge in [-0.25, -0.2) is 4.98 Å². The molecule has 6 nitrogen and oxygen atoms in total. The Morgan fingerprint density at radius 3 is 3.18 bits per heavy atom. The van der Waals surface area contributed by atoms with E-state index in [1.165, 1.54) is 11.8 Å². The van der Waals surface area contributed by atoms with E-state index in [2.05, 4.69) is 15.3 Å². The molecule has 1 aliphatic heterocycles. The van der Waals surface area contributed by atoms with Crippen molar-refractivity contribution in [1.29, 1.82) is 0 Å². The molecule has 2 heterocycles. The fourth-order valence-electron chi connectivity index (χ4n) is 1.58. The van der Waals surface area contributed by atoms with Gasteiger partial charge in [0.05, 0.1) is 17.7 Å². The normalized spacial score (nSPS) is 17.2. The van der Waals surface area contributed by atoms with Crippen LogP contribution in [0.5, 0.6) is 0 Å². The third-order valence-electron chi connectivity index (χ3n) is 2.47. The van der Waals surface area contributed by atoms with E-state index in [0.29, 0.717) is 17.5 Å². The largest absolute Gasteiger partial charge is 0.347 e. The molecule has 0 aliphatic carbocycles. The summed E-state index contributed by atoms with van der Waals surface area (Å²) in [6, 6.07) is -0.178. The molecular formula is C10H14N4O2S. The molecule has 1 aliphatic rings. The molecule has 0 saturated carbocycles. The van der Waals surface area contributed by atoms with Gasteiger partial charge in [-0.2, -0.15) is 0 Å². The third kappa shape index (κ3) is 3.00. The standard InChI is InChI=1S/C10H14N4O2S/c1-7(10-11-2-3-12-10)13-8(15)4-14-6-17-5-9(14)16/h2-3,7H,4-6H2,1H3,(H,11,12)(H,13,15). The first-order valence-electron chi connectivity index (χ1n) is 5.31. The highest BCUT2D eigenvalue weighted by atomic mass is 32.2. The number of rotatable bonds is 4. The smallest absolute Gasteiger partial charge is 0.240 e. The lowest BCUT2D eigenvalue weighted by atomic mass is 10.3. The number of hydrogen-bond acceptors (Lipinski definition) is 4. The van der Waals surface area contributed by atoms with E-state index in [-0.39, 0.29) is 24.4 Å². The van der Waals surface area contributed by atoms with Gasteiger partial charge < -0.3 is 15.2 Å². The lowest BCUT2D eigenvalue weighted by Gasteiger charge is -2.16. The zero-order valence-electron chi connectivity index (χ0n) is 9.47. The van der Waals surface area contributed by atoms with Crippen molar-refractivity contribution in [3.63, 3.8) is 0 Å². The van der Waals surface area contributed by atoms with E-state index in [4.69, 9.17) is 0 Å². The molecule has 92 valence electrons. The fourth-order valence-corrected chi connectivity index (χ4v) is 2.49. The van der Waals surface area contributed by atoms with Gasteiger partial charge in [0.2, 0.25) is 11.8 Å². The average molecular weight is 254 g/mol. The summed E-state index contributed by atoms with van der Waals surface area (Å²) in [7, 11) is 0. The summed E-state index contributed by atoms with van der Waals surface area (Å²) in [5.41, 5.74) is 0. The van der Waals surface area contributed by atoms with Crippen LogP contribution in [-0.4, -0.2) is 44.9 Å². The molecule has 7 heteroatoms. The molecule has 1 fully saturated rings. The molecule has 0 radical (unpaired) electrons. The van der Waals surface area contributed by atoms with Gasteiger partial charge in [0.1, 0.15) is 12.4 Å². The SMILES string of the molecule is CC(NC(=O)CN1CSCC1=O)c1ncc[nH]1. The van der Waals surface area contributed by atoms with Crippen LogP contribution in [-0.2, 0) is 9.59 Å². The number of carbonyl (C=O) groups is 2. The molecule has 1 saturated heterocycles. The van der Waals surface area contributed by atoms with Gasteiger partial charge in [-0.15, -0.1) is 11.8 Å². The number of carbonyl (C=O) groups excluding carboxylic acids is 2. The summed E-state index contributed by atoms with van der Waals surface area (Å²) in [6.07, 6.45) is 3.34. The molecule has 1 atom stereocenters. The van der Waals surface area contributed by atoms with E-state index in [9.17, 15) is 9.59 Å². The molecule has 0 bridgehead atoms. The van der Waals surface area contributed by atoms with Crippen molar-refractivity contribution in [3.05, 3.63) is 18.2 Å². The second kappa shape index (κ2) is 5.22. The Balaban J connectivity index is 1.83. The van der Waals surface area contributed by atoms with Crippen molar-refractivity contribution >= 4 is 23.6 Å². The van der Waals surface area contributed by atoms with Crippen molar-refractivity contribution in [1.82, 2.24) is 20.2 Å². The van der Waals surface area contributed by atoms with Crippen molar-refractivity contribution in [2.75, 3.05) is 18.2 Å². The lowest BCUT2D eigenvalue weighted by molar-refractivity contribution is -0.132. The molecule has 0 spiro atoms. The number of nitrogens with zero attached hydrogens (tertiary/aromatic N) is 2. The number of aromatic amines is 1. The van der Waals surface area contributed by atoms with Crippen molar-refractivity contribution in [3.8, 4) is 0 Å². The van der Waals surface area contributed by atoms with Crippen LogP contribution in [0.1, 0.15) is 18.8 Å². The van der Waals surface area contributed by atoms with Crippen LogP contribution in [0.4, 0.5) is 0 Å². The molecule has 1 aromatic rings. The van der Waals surface area contributed by atoms with Gasteiger partial charge in [-0.1, -0.05) is 0 Å². The summed E-state index contributed by atoms with van der Waals surface area (Å²) >= 11 is 1.53. The quantitative estimate of drug-likeness (QED) is 0.800. The summed E-state index contributed by atoms with van der Waals surface area (Å²) in [6.45, 7) is 1.97. The van der Waals surface area contributed by atoms with E-state index in [1.54, 1.807) is 17.3 Å². The Kier molecular flexibility index (Phi) is 3.68. The summed E-state index contributed by atoms with van der Waals surface area (Å²) in [5, 5.41) is 2.79. The van der Waals surface area contributed by atoms with Crippen LogP contribution in [0.15, 0.2) is 12.4 Å². The number of aromatic nitrogens is 2. The second-order valence-electron chi connectivity index (χ2n) is 3.83. The summed E-state index contributed by atoms with van der Waals surface area (Å²) in [5.74, 6) is 1.64. The molecule has 2 rings (SSSR count). The molecule has 2 N–H and O–H groups in total. The Bertz CT molecular complexity index is 406. The maximum Gasteiger partial charge on any atom is 0.240 e. The Morgan fingerprint density at radius 1 is 1.76 bits per heavy atom. The number of hydrogen-bond donors (Lipinski definition) is 2. The first-order chi connectivity index (χ1) is 8.16. The summed E-state index contributed by atoms with van der Waals surface area (Å²) in [4.78, 5) is 31.6. The molecule has 2 amide bonds. The number of imidazole rings is 1. The number of nitrogens with one attached hydrogen (secondary N) is 2. The van der Waals surface area contributed by atoms with Gasteiger partial charge in [0, 0.05) is 12.4 Å². The number of thioether (sulfide) groups is 1. The van der Waals surface area contributed by atoms with Crippen LogP contribution in [0.25, 0.3) is 0 Å².